The molecule has 2 unspecified atom stereocenters. The van der Waals surface area contributed by atoms with Crippen LogP contribution < -0.4 is 5.32 Å². The van der Waals surface area contributed by atoms with Gasteiger partial charge in [-0.15, -0.1) is 11.3 Å². The van der Waals surface area contributed by atoms with Crippen LogP contribution in [0.4, 0.5) is 0 Å². The van der Waals surface area contributed by atoms with Gasteiger partial charge in [0, 0.05) is 24.5 Å². The number of hydrogen-bond acceptors (Lipinski definition) is 4. The lowest BCUT2D eigenvalue weighted by molar-refractivity contribution is 0.214. The molecule has 0 aliphatic carbocycles. The molecule has 1 aliphatic rings. The van der Waals surface area contributed by atoms with E-state index in [1.165, 1.54) is 31.6 Å². The molecule has 0 spiro atoms. The van der Waals surface area contributed by atoms with E-state index in [4.69, 9.17) is 0 Å². The van der Waals surface area contributed by atoms with E-state index in [1.54, 1.807) is 11.3 Å². The van der Waals surface area contributed by atoms with Crippen molar-refractivity contribution in [3.8, 4) is 0 Å². The highest BCUT2D eigenvalue weighted by Gasteiger charge is 2.19. The van der Waals surface area contributed by atoms with Crippen LogP contribution in [0.5, 0.6) is 0 Å². The van der Waals surface area contributed by atoms with Crippen LogP contribution in [0, 0.1) is 5.92 Å². The molecule has 4 heteroatoms. The fraction of sp³-hybridized carbons (Fsp3) is 0.750. The molecule has 0 aromatic carbocycles. The molecule has 1 aliphatic heterocycles. The van der Waals surface area contributed by atoms with Gasteiger partial charge < -0.3 is 10.2 Å². The van der Waals surface area contributed by atoms with Gasteiger partial charge in [0.25, 0.3) is 0 Å². The zero-order valence-electron chi connectivity index (χ0n) is 10.1. The molecule has 0 radical (unpaired) electrons. The quantitative estimate of drug-likeness (QED) is 0.870. The highest BCUT2D eigenvalue weighted by atomic mass is 32.1. The first-order valence-electron chi connectivity index (χ1n) is 6.03. The van der Waals surface area contributed by atoms with Gasteiger partial charge in [0.1, 0.15) is 0 Å². The SMILES string of the molecule is CC1CC(CN(C)Cc2cscn2)CCN1. The summed E-state index contributed by atoms with van der Waals surface area (Å²) < 4.78 is 0. The van der Waals surface area contributed by atoms with E-state index in [-0.39, 0.29) is 0 Å². The van der Waals surface area contributed by atoms with Gasteiger partial charge in [0.05, 0.1) is 11.2 Å². The van der Waals surface area contributed by atoms with Crippen molar-refractivity contribution < 1.29 is 0 Å². The van der Waals surface area contributed by atoms with E-state index >= 15 is 0 Å². The Kier molecular flexibility index (Phi) is 4.32. The molecule has 0 amide bonds. The van der Waals surface area contributed by atoms with Gasteiger partial charge in [-0.05, 0) is 39.3 Å². The summed E-state index contributed by atoms with van der Waals surface area (Å²) in [5, 5.41) is 5.64. The Morgan fingerprint density at radius 2 is 2.50 bits per heavy atom. The lowest BCUT2D eigenvalue weighted by Crippen LogP contribution is -2.39. The predicted molar refractivity (Wildman–Crippen MR) is 68.6 cm³/mol. The van der Waals surface area contributed by atoms with Gasteiger partial charge in [-0.3, -0.25) is 0 Å². The van der Waals surface area contributed by atoms with Crippen LogP contribution in [-0.2, 0) is 6.54 Å². The number of nitrogens with zero attached hydrogens (tertiary/aromatic N) is 2. The van der Waals surface area contributed by atoms with Crippen molar-refractivity contribution in [3.63, 3.8) is 0 Å². The fourth-order valence-electron chi connectivity index (χ4n) is 2.50. The minimum absolute atomic E-state index is 0.687. The van der Waals surface area contributed by atoms with E-state index in [0.29, 0.717) is 6.04 Å². The van der Waals surface area contributed by atoms with E-state index in [0.717, 1.165) is 12.5 Å². The summed E-state index contributed by atoms with van der Waals surface area (Å²) >= 11 is 1.68. The Hall–Kier alpha value is -0.450. The lowest BCUT2D eigenvalue weighted by Gasteiger charge is -2.30. The molecule has 1 N–H and O–H groups in total. The maximum absolute atomic E-state index is 4.33. The summed E-state index contributed by atoms with van der Waals surface area (Å²) in [6.07, 6.45) is 2.62. The molecule has 90 valence electrons. The Balaban J connectivity index is 1.76. The summed E-state index contributed by atoms with van der Waals surface area (Å²) in [5.74, 6) is 0.847. The summed E-state index contributed by atoms with van der Waals surface area (Å²) in [7, 11) is 2.20. The summed E-state index contributed by atoms with van der Waals surface area (Å²) in [6, 6.07) is 0.687. The molecule has 16 heavy (non-hydrogen) atoms. The monoisotopic (exact) mass is 239 g/mol. The summed E-state index contributed by atoms with van der Waals surface area (Å²) in [4.78, 5) is 6.73. The summed E-state index contributed by atoms with van der Waals surface area (Å²) in [5.41, 5.74) is 3.12. The van der Waals surface area contributed by atoms with Crippen molar-refractivity contribution in [2.45, 2.75) is 32.4 Å². The predicted octanol–water partition coefficient (Wildman–Crippen LogP) is 1.96. The van der Waals surface area contributed by atoms with Gasteiger partial charge in [-0.2, -0.15) is 0 Å². The van der Waals surface area contributed by atoms with Crippen molar-refractivity contribution in [1.29, 1.82) is 0 Å². The Morgan fingerprint density at radius 3 is 3.19 bits per heavy atom. The molecular formula is C12H21N3S. The van der Waals surface area contributed by atoms with Crippen LogP contribution in [0.1, 0.15) is 25.5 Å². The molecule has 1 aromatic heterocycles. The van der Waals surface area contributed by atoms with Crippen molar-refractivity contribution in [2.24, 2.45) is 5.92 Å². The molecule has 2 rings (SSSR count). The van der Waals surface area contributed by atoms with Crippen molar-refractivity contribution in [1.82, 2.24) is 15.2 Å². The maximum Gasteiger partial charge on any atom is 0.0795 e. The second-order valence-electron chi connectivity index (χ2n) is 4.92. The number of piperidine rings is 1. The molecular weight excluding hydrogens is 218 g/mol. The first-order chi connectivity index (χ1) is 7.74. The smallest absolute Gasteiger partial charge is 0.0795 e. The van der Waals surface area contributed by atoms with E-state index in [9.17, 15) is 0 Å². The average molecular weight is 239 g/mol. The largest absolute Gasteiger partial charge is 0.314 e. The fourth-order valence-corrected chi connectivity index (χ4v) is 3.05. The normalized spacial score (nSPS) is 26.2. The van der Waals surface area contributed by atoms with E-state index in [2.05, 4.69) is 34.6 Å². The Bertz CT molecular complexity index is 299. The minimum Gasteiger partial charge on any atom is -0.314 e. The van der Waals surface area contributed by atoms with Crippen LogP contribution in [0.2, 0.25) is 0 Å². The van der Waals surface area contributed by atoms with Crippen LogP contribution >= 0.6 is 11.3 Å². The molecule has 0 saturated carbocycles. The average Bonchev–Trinajstić information content (AvgIpc) is 2.70. The highest BCUT2D eigenvalue weighted by molar-refractivity contribution is 7.07. The molecule has 3 nitrogen and oxygen atoms in total. The molecule has 2 atom stereocenters. The number of thiazole rings is 1. The first-order valence-corrected chi connectivity index (χ1v) is 6.97. The Morgan fingerprint density at radius 1 is 1.62 bits per heavy atom. The number of aromatic nitrogens is 1. The third-order valence-electron chi connectivity index (χ3n) is 3.22. The topological polar surface area (TPSA) is 28.2 Å². The molecule has 1 saturated heterocycles. The number of nitrogens with one attached hydrogen (secondary N) is 1. The van der Waals surface area contributed by atoms with Gasteiger partial charge in [0.15, 0.2) is 0 Å². The Labute approximate surface area is 102 Å². The molecule has 1 fully saturated rings. The lowest BCUT2D eigenvalue weighted by atomic mass is 9.93. The highest BCUT2D eigenvalue weighted by Crippen LogP contribution is 2.17. The second kappa shape index (κ2) is 5.75. The van der Waals surface area contributed by atoms with Gasteiger partial charge in [-0.1, -0.05) is 0 Å². The molecule has 2 heterocycles. The van der Waals surface area contributed by atoms with Crippen LogP contribution in [0.25, 0.3) is 0 Å². The van der Waals surface area contributed by atoms with E-state index < -0.39 is 0 Å². The standard InChI is InChI=1S/C12H21N3S/c1-10-5-11(3-4-13-10)6-15(2)7-12-8-16-9-14-12/h8-11,13H,3-7H2,1-2H3. The van der Waals surface area contributed by atoms with Crippen molar-refractivity contribution >= 4 is 11.3 Å². The molecule has 0 bridgehead atoms. The van der Waals surface area contributed by atoms with Crippen LogP contribution in [0.15, 0.2) is 10.9 Å². The van der Waals surface area contributed by atoms with E-state index in [1.807, 2.05) is 5.51 Å². The summed E-state index contributed by atoms with van der Waals surface area (Å²) in [6.45, 7) is 5.65. The van der Waals surface area contributed by atoms with Crippen molar-refractivity contribution in [3.05, 3.63) is 16.6 Å². The zero-order chi connectivity index (χ0) is 11.4. The van der Waals surface area contributed by atoms with Gasteiger partial charge >= 0.3 is 0 Å². The van der Waals surface area contributed by atoms with Crippen molar-refractivity contribution in [2.75, 3.05) is 20.1 Å². The minimum atomic E-state index is 0.687. The van der Waals surface area contributed by atoms with Gasteiger partial charge in [0.2, 0.25) is 0 Å². The number of hydrogen-bond donors (Lipinski definition) is 1. The zero-order valence-corrected chi connectivity index (χ0v) is 11.0. The third-order valence-corrected chi connectivity index (χ3v) is 3.85. The number of rotatable bonds is 4. The van der Waals surface area contributed by atoms with Crippen LogP contribution in [-0.4, -0.2) is 36.1 Å². The van der Waals surface area contributed by atoms with Crippen LogP contribution in [0.3, 0.4) is 0 Å². The first kappa shape index (κ1) is 12.0. The second-order valence-corrected chi connectivity index (χ2v) is 5.64. The molecule has 1 aromatic rings. The third kappa shape index (κ3) is 3.54. The van der Waals surface area contributed by atoms with Gasteiger partial charge in [-0.25, -0.2) is 4.98 Å². The maximum atomic E-state index is 4.33.